The molecule has 0 N–H and O–H groups in total. The van der Waals surface area contributed by atoms with Crippen molar-refractivity contribution < 1.29 is 22.7 Å². The van der Waals surface area contributed by atoms with E-state index < -0.39 is 16.3 Å². The molecular formula is C16H23N3O5S. The molecule has 0 bridgehead atoms. The van der Waals surface area contributed by atoms with Crippen LogP contribution in [0.15, 0.2) is 24.3 Å². The second-order valence-electron chi connectivity index (χ2n) is 5.99. The molecule has 138 valence electrons. The first-order valence-electron chi connectivity index (χ1n) is 8.25. The molecule has 0 aromatic heterocycles. The molecular weight excluding hydrogens is 346 g/mol. The summed E-state index contributed by atoms with van der Waals surface area (Å²) >= 11 is 0. The minimum Gasteiger partial charge on any atom is -0.497 e. The maximum absolute atomic E-state index is 12.8. The zero-order valence-electron chi connectivity index (χ0n) is 14.4. The fourth-order valence-corrected chi connectivity index (χ4v) is 4.82. The molecule has 1 atom stereocenters. The summed E-state index contributed by atoms with van der Waals surface area (Å²) in [6.07, 6.45) is 0. The second kappa shape index (κ2) is 7.28. The molecule has 2 aliphatic rings. The normalized spacial score (nSPS) is 23.7. The number of carbonyl (C=O) groups is 1. The van der Waals surface area contributed by atoms with Crippen molar-refractivity contribution >= 4 is 21.8 Å². The van der Waals surface area contributed by atoms with Gasteiger partial charge in [0.1, 0.15) is 11.8 Å². The van der Waals surface area contributed by atoms with E-state index in [4.69, 9.17) is 9.47 Å². The Morgan fingerprint density at radius 3 is 2.32 bits per heavy atom. The number of hydrogen-bond donors (Lipinski definition) is 0. The molecule has 2 aliphatic heterocycles. The van der Waals surface area contributed by atoms with Gasteiger partial charge in [0.25, 0.3) is 10.2 Å². The Kier molecular flexibility index (Phi) is 5.28. The Bertz CT molecular complexity index is 716. The van der Waals surface area contributed by atoms with Crippen LogP contribution in [0, 0.1) is 0 Å². The molecule has 2 fully saturated rings. The number of carbonyl (C=O) groups excluding carboxylic acids is 1. The number of nitrogens with zero attached hydrogens (tertiary/aromatic N) is 3. The average molecular weight is 369 g/mol. The number of ether oxygens (including phenoxy) is 2. The second-order valence-corrected chi connectivity index (χ2v) is 7.87. The predicted molar refractivity (Wildman–Crippen MR) is 92.8 cm³/mol. The third-order valence-corrected chi connectivity index (χ3v) is 6.69. The lowest BCUT2D eigenvalue weighted by Crippen LogP contribution is -2.61. The van der Waals surface area contributed by atoms with E-state index in [0.717, 1.165) is 5.69 Å². The molecule has 0 saturated carbocycles. The zero-order valence-corrected chi connectivity index (χ0v) is 15.2. The van der Waals surface area contributed by atoms with Crippen LogP contribution in [0.2, 0.25) is 0 Å². The largest absolute Gasteiger partial charge is 0.497 e. The molecule has 8 nitrogen and oxygen atoms in total. The standard InChI is InChI=1S/C16H23N3O5S/c1-13-16(20)18(14-3-5-15(23-2)6-4-14)7-8-19(13)25(21,22)17-9-11-24-12-10-17/h3-6,13H,7-12H2,1-2H3. The van der Waals surface area contributed by atoms with Crippen LogP contribution in [0.3, 0.4) is 0 Å². The van der Waals surface area contributed by atoms with Gasteiger partial charge in [0.15, 0.2) is 0 Å². The highest BCUT2D eigenvalue weighted by molar-refractivity contribution is 7.86. The van der Waals surface area contributed by atoms with Crippen molar-refractivity contribution in [1.82, 2.24) is 8.61 Å². The van der Waals surface area contributed by atoms with Gasteiger partial charge in [0.2, 0.25) is 5.91 Å². The lowest BCUT2D eigenvalue weighted by atomic mass is 10.2. The lowest BCUT2D eigenvalue weighted by Gasteiger charge is -2.40. The fraction of sp³-hybridized carbons (Fsp3) is 0.562. The van der Waals surface area contributed by atoms with Crippen molar-refractivity contribution in [2.24, 2.45) is 0 Å². The Hall–Kier alpha value is -1.68. The fourth-order valence-electron chi connectivity index (χ4n) is 3.11. The van der Waals surface area contributed by atoms with E-state index in [9.17, 15) is 13.2 Å². The van der Waals surface area contributed by atoms with E-state index in [-0.39, 0.29) is 12.5 Å². The molecule has 3 rings (SSSR count). The number of rotatable bonds is 4. The topological polar surface area (TPSA) is 79.4 Å². The van der Waals surface area contributed by atoms with Crippen molar-refractivity contribution in [3.05, 3.63) is 24.3 Å². The number of benzene rings is 1. The molecule has 0 radical (unpaired) electrons. The minimum atomic E-state index is -3.66. The Labute approximate surface area is 148 Å². The van der Waals surface area contributed by atoms with Gasteiger partial charge in [-0.05, 0) is 31.2 Å². The third kappa shape index (κ3) is 3.50. The molecule has 1 amide bonds. The first-order valence-corrected chi connectivity index (χ1v) is 9.65. The van der Waals surface area contributed by atoms with Crippen LogP contribution < -0.4 is 9.64 Å². The van der Waals surface area contributed by atoms with E-state index in [1.54, 1.807) is 43.2 Å². The van der Waals surface area contributed by atoms with Crippen molar-refractivity contribution in [2.75, 3.05) is 51.4 Å². The van der Waals surface area contributed by atoms with Crippen LogP contribution in [0.25, 0.3) is 0 Å². The van der Waals surface area contributed by atoms with E-state index in [1.807, 2.05) is 0 Å². The van der Waals surface area contributed by atoms with Crippen molar-refractivity contribution in [2.45, 2.75) is 13.0 Å². The summed E-state index contributed by atoms with van der Waals surface area (Å²) in [7, 11) is -2.08. The van der Waals surface area contributed by atoms with E-state index in [0.29, 0.717) is 38.6 Å². The van der Waals surface area contributed by atoms with Crippen molar-refractivity contribution in [3.63, 3.8) is 0 Å². The van der Waals surface area contributed by atoms with Gasteiger partial charge in [-0.15, -0.1) is 0 Å². The summed E-state index contributed by atoms with van der Waals surface area (Å²) in [5.74, 6) is 0.478. The average Bonchev–Trinajstić information content (AvgIpc) is 2.64. The molecule has 0 spiro atoms. The summed E-state index contributed by atoms with van der Waals surface area (Å²) in [4.78, 5) is 14.4. The Morgan fingerprint density at radius 2 is 1.72 bits per heavy atom. The minimum absolute atomic E-state index is 0.228. The highest BCUT2D eigenvalue weighted by Crippen LogP contribution is 2.25. The van der Waals surface area contributed by atoms with E-state index >= 15 is 0 Å². The first kappa shape index (κ1) is 18.1. The maximum Gasteiger partial charge on any atom is 0.282 e. The van der Waals surface area contributed by atoms with Crippen LogP contribution in [0.4, 0.5) is 5.69 Å². The summed E-state index contributed by atoms with van der Waals surface area (Å²) < 4.78 is 38.7. The number of morpholine rings is 1. The molecule has 0 aliphatic carbocycles. The number of piperazine rings is 1. The highest BCUT2D eigenvalue weighted by Gasteiger charge is 2.41. The maximum atomic E-state index is 12.8. The first-order chi connectivity index (χ1) is 11.9. The number of methoxy groups -OCH3 is 1. The van der Waals surface area contributed by atoms with Gasteiger partial charge < -0.3 is 14.4 Å². The molecule has 2 heterocycles. The highest BCUT2D eigenvalue weighted by atomic mass is 32.2. The van der Waals surface area contributed by atoms with Gasteiger partial charge in [-0.3, -0.25) is 4.79 Å². The van der Waals surface area contributed by atoms with E-state index in [2.05, 4.69) is 0 Å². The quantitative estimate of drug-likeness (QED) is 0.763. The SMILES string of the molecule is COc1ccc(N2CCN(S(=O)(=O)N3CCOCC3)C(C)C2=O)cc1. The molecule has 2 saturated heterocycles. The lowest BCUT2D eigenvalue weighted by molar-refractivity contribution is -0.123. The molecule has 25 heavy (non-hydrogen) atoms. The number of amides is 1. The van der Waals surface area contributed by atoms with Crippen molar-refractivity contribution in [3.8, 4) is 5.75 Å². The monoisotopic (exact) mass is 369 g/mol. The van der Waals surface area contributed by atoms with Crippen LogP contribution >= 0.6 is 0 Å². The van der Waals surface area contributed by atoms with E-state index in [1.165, 1.54) is 8.61 Å². The third-order valence-electron chi connectivity index (χ3n) is 4.58. The van der Waals surface area contributed by atoms with Gasteiger partial charge in [-0.1, -0.05) is 0 Å². The van der Waals surface area contributed by atoms with Gasteiger partial charge in [-0.25, -0.2) is 0 Å². The van der Waals surface area contributed by atoms with Gasteiger partial charge >= 0.3 is 0 Å². The molecule has 1 unspecified atom stereocenters. The summed E-state index contributed by atoms with van der Waals surface area (Å²) in [5.41, 5.74) is 0.737. The Morgan fingerprint density at radius 1 is 1.08 bits per heavy atom. The number of anilines is 1. The van der Waals surface area contributed by atoms with Gasteiger partial charge in [-0.2, -0.15) is 17.0 Å². The molecule has 9 heteroatoms. The van der Waals surface area contributed by atoms with Crippen LogP contribution in [0.1, 0.15) is 6.92 Å². The van der Waals surface area contributed by atoms with Gasteiger partial charge in [0.05, 0.1) is 20.3 Å². The molecule has 1 aromatic rings. The smallest absolute Gasteiger partial charge is 0.282 e. The summed E-state index contributed by atoms with van der Waals surface area (Å²) in [6, 6.07) is 6.42. The van der Waals surface area contributed by atoms with Gasteiger partial charge in [0, 0.05) is 31.9 Å². The van der Waals surface area contributed by atoms with Crippen LogP contribution in [-0.2, 0) is 19.7 Å². The van der Waals surface area contributed by atoms with Crippen LogP contribution in [-0.4, -0.2) is 75.5 Å². The molecule has 1 aromatic carbocycles. The predicted octanol–water partition coefficient (Wildman–Crippen LogP) is 0.309. The number of hydrogen-bond acceptors (Lipinski definition) is 5. The van der Waals surface area contributed by atoms with Crippen molar-refractivity contribution in [1.29, 1.82) is 0 Å². The Balaban J connectivity index is 1.76. The summed E-state index contributed by atoms with van der Waals surface area (Å²) in [6.45, 7) is 3.62. The van der Waals surface area contributed by atoms with Crippen LogP contribution in [0.5, 0.6) is 5.75 Å². The summed E-state index contributed by atoms with van der Waals surface area (Å²) in [5, 5.41) is 0. The zero-order chi connectivity index (χ0) is 18.0.